The van der Waals surface area contributed by atoms with Gasteiger partial charge in [0.15, 0.2) is 0 Å². The first-order valence-corrected chi connectivity index (χ1v) is 3.67. The number of carboxylic acid groups (broad SMARTS) is 1. The van der Waals surface area contributed by atoms with Crippen molar-refractivity contribution in [2.45, 2.75) is 6.42 Å². The summed E-state index contributed by atoms with van der Waals surface area (Å²) in [6.45, 7) is 3.53. The molecular formula is C8H10O4. The Balaban J connectivity index is 2.28. The standard InChI is InChI=1S/C8H10O4/c1-2-3-12-8(11)6-4-5(6)7(9)10/h2,5-6H,1,3-4H2,(H,9,10)/t5-,6-/m1/s1. The topological polar surface area (TPSA) is 63.6 Å². The molecule has 1 aliphatic rings. The molecule has 0 spiro atoms. The summed E-state index contributed by atoms with van der Waals surface area (Å²) in [6.07, 6.45) is 1.86. The van der Waals surface area contributed by atoms with Crippen molar-refractivity contribution in [3.63, 3.8) is 0 Å². The minimum Gasteiger partial charge on any atom is -0.481 e. The smallest absolute Gasteiger partial charge is 0.310 e. The van der Waals surface area contributed by atoms with Crippen LogP contribution in [0.25, 0.3) is 0 Å². The molecule has 0 unspecified atom stereocenters. The van der Waals surface area contributed by atoms with Crippen molar-refractivity contribution in [3.05, 3.63) is 12.7 Å². The summed E-state index contributed by atoms with van der Waals surface area (Å²) in [7, 11) is 0. The van der Waals surface area contributed by atoms with Gasteiger partial charge in [-0.15, -0.1) is 0 Å². The van der Waals surface area contributed by atoms with E-state index in [4.69, 9.17) is 5.11 Å². The van der Waals surface area contributed by atoms with E-state index in [0.717, 1.165) is 0 Å². The Bertz CT molecular complexity index is 221. The lowest BCUT2D eigenvalue weighted by Gasteiger charge is -1.98. The van der Waals surface area contributed by atoms with Crippen molar-refractivity contribution in [1.29, 1.82) is 0 Å². The van der Waals surface area contributed by atoms with Crippen LogP contribution >= 0.6 is 0 Å². The van der Waals surface area contributed by atoms with Gasteiger partial charge in [-0.25, -0.2) is 0 Å². The predicted molar refractivity (Wildman–Crippen MR) is 40.4 cm³/mol. The van der Waals surface area contributed by atoms with Gasteiger partial charge >= 0.3 is 11.9 Å². The van der Waals surface area contributed by atoms with E-state index >= 15 is 0 Å². The molecule has 1 fully saturated rings. The number of carbonyl (C=O) groups is 2. The van der Waals surface area contributed by atoms with Crippen LogP contribution in [0.4, 0.5) is 0 Å². The SMILES string of the molecule is C=CCOC(=O)[C@@H]1C[C@H]1C(=O)O. The molecule has 4 nitrogen and oxygen atoms in total. The fraction of sp³-hybridized carbons (Fsp3) is 0.500. The largest absolute Gasteiger partial charge is 0.481 e. The van der Waals surface area contributed by atoms with Gasteiger partial charge in [-0.2, -0.15) is 0 Å². The van der Waals surface area contributed by atoms with Gasteiger partial charge in [0.25, 0.3) is 0 Å². The zero-order chi connectivity index (χ0) is 9.14. The Kier molecular flexibility index (Phi) is 2.47. The summed E-state index contributed by atoms with van der Waals surface area (Å²) in [5.74, 6) is -2.30. The van der Waals surface area contributed by atoms with Crippen LogP contribution in [0.2, 0.25) is 0 Å². The summed E-state index contributed by atoms with van der Waals surface area (Å²) in [5.41, 5.74) is 0. The zero-order valence-corrected chi connectivity index (χ0v) is 6.53. The first kappa shape index (κ1) is 8.77. The fourth-order valence-electron chi connectivity index (χ4n) is 0.977. The van der Waals surface area contributed by atoms with Gasteiger partial charge < -0.3 is 9.84 Å². The third kappa shape index (κ3) is 1.84. The highest BCUT2D eigenvalue weighted by Crippen LogP contribution is 2.39. The Morgan fingerprint density at radius 1 is 1.58 bits per heavy atom. The molecule has 0 aromatic carbocycles. The molecule has 1 N–H and O–H groups in total. The summed E-state index contributed by atoms with van der Waals surface area (Å²) in [4.78, 5) is 21.3. The van der Waals surface area contributed by atoms with Gasteiger partial charge in [0, 0.05) is 0 Å². The van der Waals surface area contributed by atoms with Crippen LogP contribution in [0, 0.1) is 11.8 Å². The maximum Gasteiger partial charge on any atom is 0.310 e. The number of esters is 1. The molecule has 0 heterocycles. The highest BCUT2D eigenvalue weighted by molar-refractivity contribution is 5.86. The monoisotopic (exact) mass is 170 g/mol. The second-order valence-electron chi connectivity index (χ2n) is 2.71. The number of carbonyl (C=O) groups excluding carboxylic acids is 1. The second-order valence-corrected chi connectivity index (χ2v) is 2.71. The minimum atomic E-state index is -0.921. The van der Waals surface area contributed by atoms with Gasteiger partial charge in [-0.3, -0.25) is 9.59 Å². The van der Waals surface area contributed by atoms with E-state index < -0.39 is 23.8 Å². The Labute approximate surface area is 69.8 Å². The van der Waals surface area contributed by atoms with Crippen LogP contribution in [-0.4, -0.2) is 23.7 Å². The van der Waals surface area contributed by atoms with Gasteiger partial charge in [0.05, 0.1) is 11.8 Å². The van der Waals surface area contributed by atoms with E-state index in [1.807, 2.05) is 0 Å². The lowest BCUT2D eigenvalue weighted by molar-refractivity contribution is -0.147. The fourth-order valence-corrected chi connectivity index (χ4v) is 0.977. The molecule has 2 atom stereocenters. The lowest BCUT2D eigenvalue weighted by atomic mass is 10.3. The highest BCUT2D eigenvalue weighted by atomic mass is 16.5. The van der Waals surface area contributed by atoms with Gasteiger partial charge in [0.2, 0.25) is 0 Å². The highest BCUT2D eigenvalue weighted by Gasteiger charge is 2.49. The lowest BCUT2D eigenvalue weighted by Crippen LogP contribution is -2.11. The molecule has 1 saturated carbocycles. The van der Waals surface area contributed by atoms with Crippen molar-refractivity contribution in [2.75, 3.05) is 6.61 Å². The quantitative estimate of drug-likeness (QED) is 0.491. The molecule has 0 aliphatic heterocycles. The van der Waals surface area contributed by atoms with Crippen LogP contribution in [0.5, 0.6) is 0 Å². The maximum absolute atomic E-state index is 10.9. The molecule has 0 aromatic rings. The molecule has 4 heteroatoms. The molecule has 12 heavy (non-hydrogen) atoms. The number of hydrogen-bond acceptors (Lipinski definition) is 3. The first-order chi connectivity index (χ1) is 5.66. The van der Waals surface area contributed by atoms with E-state index in [1.165, 1.54) is 6.08 Å². The molecule has 1 rings (SSSR count). The third-order valence-corrected chi connectivity index (χ3v) is 1.75. The molecule has 66 valence electrons. The first-order valence-electron chi connectivity index (χ1n) is 3.67. The Hall–Kier alpha value is -1.32. The molecule has 0 bridgehead atoms. The van der Waals surface area contributed by atoms with Crippen LogP contribution in [0.15, 0.2) is 12.7 Å². The van der Waals surface area contributed by atoms with E-state index in [9.17, 15) is 9.59 Å². The number of rotatable bonds is 4. The van der Waals surface area contributed by atoms with Crippen LogP contribution < -0.4 is 0 Å². The normalized spacial score (nSPS) is 26.0. The van der Waals surface area contributed by atoms with Crippen molar-refractivity contribution in [3.8, 4) is 0 Å². The van der Waals surface area contributed by atoms with E-state index in [2.05, 4.69) is 11.3 Å². The second kappa shape index (κ2) is 3.38. The number of carboxylic acids is 1. The molecular weight excluding hydrogens is 160 g/mol. The van der Waals surface area contributed by atoms with E-state index in [1.54, 1.807) is 0 Å². The van der Waals surface area contributed by atoms with Crippen molar-refractivity contribution < 1.29 is 19.4 Å². The molecule has 0 saturated heterocycles. The minimum absolute atomic E-state index is 0.154. The Morgan fingerprint density at radius 2 is 2.25 bits per heavy atom. The number of ether oxygens (including phenoxy) is 1. The summed E-state index contributed by atoms with van der Waals surface area (Å²) in [6, 6.07) is 0. The summed E-state index contributed by atoms with van der Waals surface area (Å²) < 4.78 is 4.68. The predicted octanol–water partition coefficient (Wildman–Crippen LogP) is 0.436. The average molecular weight is 170 g/mol. The van der Waals surface area contributed by atoms with Crippen LogP contribution in [0.3, 0.4) is 0 Å². The molecule has 0 amide bonds. The average Bonchev–Trinajstić information content (AvgIpc) is 2.78. The zero-order valence-electron chi connectivity index (χ0n) is 6.53. The van der Waals surface area contributed by atoms with E-state index in [-0.39, 0.29) is 6.61 Å². The summed E-state index contributed by atoms with van der Waals surface area (Å²) >= 11 is 0. The third-order valence-electron chi connectivity index (χ3n) is 1.75. The van der Waals surface area contributed by atoms with Crippen LogP contribution in [-0.2, 0) is 14.3 Å². The number of hydrogen-bond donors (Lipinski definition) is 1. The van der Waals surface area contributed by atoms with Crippen molar-refractivity contribution in [2.24, 2.45) is 11.8 Å². The number of aliphatic carboxylic acids is 1. The molecule has 0 radical (unpaired) electrons. The van der Waals surface area contributed by atoms with Crippen molar-refractivity contribution in [1.82, 2.24) is 0 Å². The van der Waals surface area contributed by atoms with Crippen LogP contribution in [0.1, 0.15) is 6.42 Å². The Morgan fingerprint density at radius 3 is 2.67 bits per heavy atom. The van der Waals surface area contributed by atoms with Gasteiger partial charge in [0.1, 0.15) is 6.61 Å². The maximum atomic E-state index is 10.9. The van der Waals surface area contributed by atoms with Crippen molar-refractivity contribution >= 4 is 11.9 Å². The molecule has 0 aromatic heterocycles. The van der Waals surface area contributed by atoms with E-state index in [0.29, 0.717) is 6.42 Å². The molecule has 1 aliphatic carbocycles. The summed E-state index contributed by atoms with van der Waals surface area (Å²) in [5, 5.41) is 8.47. The van der Waals surface area contributed by atoms with Gasteiger partial charge in [-0.1, -0.05) is 12.7 Å². The van der Waals surface area contributed by atoms with Gasteiger partial charge in [-0.05, 0) is 6.42 Å².